The van der Waals surface area contributed by atoms with Crippen LogP contribution in [0.1, 0.15) is 5.56 Å². The van der Waals surface area contributed by atoms with Crippen LogP contribution in [0.3, 0.4) is 0 Å². The SMILES string of the molecule is COc1cc(NC(=O)Cn2nc(SC)c(-c3nc(-c4cccc(C)c4)no3)c2N)cc(OC)c1. The van der Waals surface area contributed by atoms with Gasteiger partial charge in [0.1, 0.15) is 34.5 Å². The van der Waals surface area contributed by atoms with E-state index in [0.717, 1.165) is 11.1 Å². The highest BCUT2D eigenvalue weighted by Gasteiger charge is 2.24. The number of ether oxygens (including phenoxy) is 2. The van der Waals surface area contributed by atoms with E-state index in [-0.39, 0.29) is 24.2 Å². The average Bonchev–Trinajstić information content (AvgIpc) is 3.43. The van der Waals surface area contributed by atoms with Gasteiger partial charge < -0.3 is 25.0 Å². The zero-order valence-electron chi connectivity index (χ0n) is 19.2. The summed E-state index contributed by atoms with van der Waals surface area (Å²) in [5.41, 5.74) is 9.29. The van der Waals surface area contributed by atoms with Crippen molar-refractivity contribution in [3.63, 3.8) is 0 Å². The van der Waals surface area contributed by atoms with Crippen LogP contribution in [0.4, 0.5) is 11.5 Å². The van der Waals surface area contributed by atoms with Gasteiger partial charge in [0.25, 0.3) is 5.89 Å². The number of nitrogen functional groups attached to an aromatic ring is 1. The summed E-state index contributed by atoms with van der Waals surface area (Å²) < 4.78 is 17.4. The fraction of sp³-hybridized carbons (Fsp3) is 0.217. The van der Waals surface area contributed by atoms with E-state index in [0.29, 0.717) is 33.6 Å². The first kappa shape index (κ1) is 23.2. The predicted octanol–water partition coefficient (Wildman–Crippen LogP) is 3.87. The minimum absolute atomic E-state index is 0.113. The number of anilines is 2. The summed E-state index contributed by atoms with van der Waals surface area (Å²) in [5.74, 6) is 1.73. The highest BCUT2D eigenvalue weighted by atomic mass is 32.2. The number of carbonyl (C=O) groups is 1. The van der Waals surface area contributed by atoms with Crippen molar-refractivity contribution in [2.45, 2.75) is 18.5 Å². The van der Waals surface area contributed by atoms with E-state index in [1.54, 1.807) is 18.2 Å². The van der Waals surface area contributed by atoms with Crippen LogP contribution >= 0.6 is 11.8 Å². The maximum Gasteiger partial charge on any atom is 0.264 e. The molecule has 0 radical (unpaired) electrons. The van der Waals surface area contributed by atoms with E-state index in [4.69, 9.17) is 19.7 Å². The minimum Gasteiger partial charge on any atom is -0.497 e. The van der Waals surface area contributed by atoms with E-state index in [1.165, 1.54) is 30.7 Å². The molecule has 0 fully saturated rings. The van der Waals surface area contributed by atoms with E-state index >= 15 is 0 Å². The molecule has 0 saturated heterocycles. The summed E-state index contributed by atoms with van der Waals surface area (Å²) in [6.07, 6.45) is 1.86. The quantitative estimate of drug-likeness (QED) is 0.361. The first-order chi connectivity index (χ1) is 16.4. The molecule has 3 N–H and O–H groups in total. The molecule has 0 atom stereocenters. The summed E-state index contributed by atoms with van der Waals surface area (Å²) in [5, 5.41) is 11.9. The van der Waals surface area contributed by atoms with Crippen LogP contribution in [0, 0.1) is 6.92 Å². The van der Waals surface area contributed by atoms with Crippen LogP contribution in [-0.4, -0.2) is 46.3 Å². The molecule has 0 aliphatic carbocycles. The standard InChI is InChI=1S/C23H24N6O4S/c1-13-6-5-7-14(8-13)21-26-22(33-28-21)19-20(24)29(27-23(19)34-4)12-18(30)25-15-9-16(31-2)11-17(10-15)32-3/h5-11H,12,24H2,1-4H3,(H,25,30). The molecule has 34 heavy (non-hydrogen) atoms. The van der Waals surface area contributed by atoms with E-state index in [9.17, 15) is 4.79 Å². The fourth-order valence-electron chi connectivity index (χ4n) is 3.36. The first-order valence-corrected chi connectivity index (χ1v) is 11.5. The molecule has 0 unspecified atom stereocenters. The molecular formula is C23H24N6O4S. The number of carbonyl (C=O) groups excluding carboxylic acids is 1. The van der Waals surface area contributed by atoms with Crippen LogP contribution in [0.5, 0.6) is 11.5 Å². The van der Waals surface area contributed by atoms with Crippen molar-refractivity contribution in [2.75, 3.05) is 31.5 Å². The monoisotopic (exact) mass is 480 g/mol. The molecular weight excluding hydrogens is 456 g/mol. The van der Waals surface area contributed by atoms with Crippen molar-refractivity contribution in [2.24, 2.45) is 0 Å². The Balaban J connectivity index is 1.58. The average molecular weight is 481 g/mol. The zero-order chi connectivity index (χ0) is 24.2. The first-order valence-electron chi connectivity index (χ1n) is 10.3. The third-order valence-corrected chi connectivity index (χ3v) is 5.67. The van der Waals surface area contributed by atoms with Crippen molar-refractivity contribution in [1.29, 1.82) is 0 Å². The van der Waals surface area contributed by atoms with Gasteiger partial charge in [0, 0.05) is 29.4 Å². The highest BCUT2D eigenvalue weighted by molar-refractivity contribution is 7.98. The van der Waals surface area contributed by atoms with E-state index in [2.05, 4.69) is 20.6 Å². The highest BCUT2D eigenvalue weighted by Crippen LogP contribution is 2.35. The molecule has 0 aliphatic heterocycles. The maximum absolute atomic E-state index is 12.7. The molecule has 0 aliphatic rings. The van der Waals surface area contributed by atoms with Crippen LogP contribution in [0.25, 0.3) is 22.8 Å². The third-order valence-electron chi connectivity index (χ3n) is 5.00. The van der Waals surface area contributed by atoms with Crippen LogP contribution in [0.15, 0.2) is 52.0 Å². The van der Waals surface area contributed by atoms with Crippen LogP contribution < -0.4 is 20.5 Å². The van der Waals surface area contributed by atoms with Gasteiger partial charge in [0.15, 0.2) is 0 Å². The number of hydrogen-bond donors (Lipinski definition) is 2. The Morgan fingerprint density at radius 2 is 1.91 bits per heavy atom. The topological polar surface area (TPSA) is 130 Å². The number of benzene rings is 2. The molecule has 176 valence electrons. The molecule has 11 heteroatoms. The number of aryl methyl sites for hydroxylation is 1. The minimum atomic E-state index is -0.324. The van der Waals surface area contributed by atoms with Crippen molar-refractivity contribution in [3.8, 4) is 34.3 Å². The molecule has 0 spiro atoms. The number of methoxy groups -OCH3 is 2. The van der Waals surface area contributed by atoms with Gasteiger partial charge >= 0.3 is 0 Å². The molecule has 10 nitrogen and oxygen atoms in total. The smallest absolute Gasteiger partial charge is 0.264 e. The van der Waals surface area contributed by atoms with Gasteiger partial charge in [0.05, 0.1) is 14.2 Å². The molecule has 0 saturated carbocycles. The fourth-order valence-corrected chi connectivity index (χ4v) is 3.94. The van der Waals surface area contributed by atoms with Gasteiger partial charge in [-0.25, -0.2) is 4.68 Å². The lowest BCUT2D eigenvalue weighted by Gasteiger charge is -2.10. The summed E-state index contributed by atoms with van der Waals surface area (Å²) in [7, 11) is 3.08. The summed E-state index contributed by atoms with van der Waals surface area (Å²) in [6.45, 7) is 1.88. The molecule has 2 aromatic carbocycles. The molecule has 4 rings (SSSR count). The molecule has 0 bridgehead atoms. The molecule has 1 amide bonds. The number of thioether (sulfide) groups is 1. The van der Waals surface area contributed by atoms with Gasteiger partial charge in [-0.2, -0.15) is 10.1 Å². The number of hydrogen-bond acceptors (Lipinski definition) is 9. The van der Waals surface area contributed by atoms with Crippen molar-refractivity contribution < 1.29 is 18.8 Å². The van der Waals surface area contributed by atoms with Crippen LogP contribution in [0.2, 0.25) is 0 Å². The number of nitrogens with zero attached hydrogens (tertiary/aromatic N) is 4. The van der Waals surface area contributed by atoms with E-state index in [1.807, 2.05) is 37.4 Å². The normalized spacial score (nSPS) is 10.8. The van der Waals surface area contributed by atoms with Crippen molar-refractivity contribution >= 4 is 29.2 Å². The Labute approximate surface area is 200 Å². The number of nitrogens with two attached hydrogens (primary N) is 1. The second-order valence-corrected chi connectivity index (χ2v) is 8.16. The summed E-state index contributed by atoms with van der Waals surface area (Å²) in [6, 6.07) is 12.9. The lowest BCUT2D eigenvalue weighted by Crippen LogP contribution is -2.20. The third kappa shape index (κ3) is 4.84. The molecule has 4 aromatic rings. The van der Waals surface area contributed by atoms with Crippen molar-refractivity contribution in [3.05, 3.63) is 48.0 Å². The van der Waals surface area contributed by atoms with E-state index < -0.39 is 0 Å². The number of amides is 1. The van der Waals surface area contributed by atoms with Gasteiger partial charge in [-0.15, -0.1) is 11.8 Å². The largest absolute Gasteiger partial charge is 0.497 e. The second kappa shape index (κ2) is 9.87. The Morgan fingerprint density at radius 1 is 1.18 bits per heavy atom. The zero-order valence-corrected chi connectivity index (χ0v) is 20.0. The Kier molecular flexibility index (Phi) is 6.73. The second-order valence-electron chi connectivity index (χ2n) is 7.37. The van der Waals surface area contributed by atoms with Gasteiger partial charge in [-0.1, -0.05) is 28.9 Å². The van der Waals surface area contributed by atoms with Gasteiger partial charge in [-0.3, -0.25) is 4.79 Å². The lowest BCUT2D eigenvalue weighted by atomic mass is 10.1. The Hall–Kier alpha value is -3.99. The molecule has 2 heterocycles. The Bertz CT molecular complexity index is 1310. The number of nitrogens with one attached hydrogen (secondary N) is 1. The maximum atomic E-state index is 12.7. The Morgan fingerprint density at radius 3 is 2.56 bits per heavy atom. The van der Waals surface area contributed by atoms with Crippen LogP contribution in [-0.2, 0) is 11.3 Å². The number of aromatic nitrogens is 4. The van der Waals surface area contributed by atoms with Gasteiger partial charge in [-0.05, 0) is 19.2 Å². The lowest BCUT2D eigenvalue weighted by molar-refractivity contribution is -0.116. The predicted molar refractivity (Wildman–Crippen MR) is 130 cm³/mol. The summed E-state index contributed by atoms with van der Waals surface area (Å²) >= 11 is 1.37. The number of rotatable bonds is 8. The van der Waals surface area contributed by atoms with Crippen molar-refractivity contribution in [1.82, 2.24) is 19.9 Å². The van der Waals surface area contributed by atoms with Gasteiger partial charge in [0.2, 0.25) is 11.7 Å². The molecule has 2 aromatic heterocycles. The summed E-state index contributed by atoms with van der Waals surface area (Å²) in [4.78, 5) is 17.2.